The van der Waals surface area contributed by atoms with Gasteiger partial charge in [0.05, 0.1) is 26.4 Å². The van der Waals surface area contributed by atoms with Gasteiger partial charge in [-0.25, -0.2) is 0 Å². The van der Waals surface area contributed by atoms with Crippen molar-refractivity contribution < 1.29 is 47.7 Å². The summed E-state index contributed by atoms with van der Waals surface area (Å²) in [6.07, 6.45) is 8.45. The number of ether oxygens (including phenoxy) is 4. The standard InChI is InChI=1S/C15H22O5.C14H20O5/c1-4-7-12(16)9-8-11-10-15(11,13(17)19-5-2)14(18)20-6-3;1-4-11(15)8-7-10-9-14(10,12(16)18-5-2)13(17)19-6-3/h8-9,11H,4-7,10H2,1-3H3;7-8,10H,4-6,9H2,1-3H3/b9-8+;8-7+. The molecular formula is C29H42O10. The minimum absolute atomic E-state index is 0.000942. The van der Waals surface area contributed by atoms with Gasteiger partial charge in [0.25, 0.3) is 0 Å². The highest BCUT2D eigenvalue weighted by molar-refractivity contribution is 6.05. The molecule has 2 aliphatic carbocycles. The molecule has 2 unspecified atom stereocenters. The van der Waals surface area contributed by atoms with Crippen molar-refractivity contribution in [2.24, 2.45) is 22.7 Å². The summed E-state index contributed by atoms with van der Waals surface area (Å²) in [4.78, 5) is 70.5. The van der Waals surface area contributed by atoms with E-state index in [0.29, 0.717) is 25.7 Å². The first kappa shape index (κ1) is 33.7. The third-order valence-electron chi connectivity index (χ3n) is 6.46. The van der Waals surface area contributed by atoms with Gasteiger partial charge in [0, 0.05) is 24.7 Å². The third-order valence-corrected chi connectivity index (χ3v) is 6.46. The second-order valence-electron chi connectivity index (χ2n) is 9.20. The smallest absolute Gasteiger partial charge is 0.324 e. The molecule has 0 bridgehead atoms. The molecule has 10 heteroatoms. The Balaban J connectivity index is 0.000000391. The van der Waals surface area contributed by atoms with Crippen molar-refractivity contribution >= 4 is 35.4 Å². The third kappa shape index (κ3) is 8.60. The molecule has 0 heterocycles. The molecule has 0 aromatic carbocycles. The van der Waals surface area contributed by atoms with Crippen LogP contribution in [0.15, 0.2) is 24.3 Å². The van der Waals surface area contributed by atoms with E-state index < -0.39 is 34.7 Å². The molecule has 0 aromatic heterocycles. The molecule has 2 fully saturated rings. The number of hydrogen-bond donors (Lipinski definition) is 0. The van der Waals surface area contributed by atoms with Crippen LogP contribution < -0.4 is 0 Å². The molecule has 10 nitrogen and oxygen atoms in total. The average molecular weight is 551 g/mol. The largest absolute Gasteiger partial charge is 0.465 e. The number of carbonyl (C=O) groups is 6. The average Bonchev–Trinajstić information content (AvgIpc) is 3.81. The number of rotatable bonds is 15. The van der Waals surface area contributed by atoms with Gasteiger partial charge in [0.2, 0.25) is 0 Å². The lowest BCUT2D eigenvalue weighted by molar-refractivity contribution is -0.166. The Labute approximate surface area is 230 Å². The lowest BCUT2D eigenvalue weighted by Crippen LogP contribution is -2.31. The molecule has 2 atom stereocenters. The summed E-state index contributed by atoms with van der Waals surface area (Å²) >= 11 is 0. The maximum Gasteiger partial charge on any atom is 0.324 e. The zero-order chi connectivity index (χ0) is 29.6. The van der Waals surface area contributed by atoms with Gasteiger partial charge in [-0.15, -0.1) is 0 Å². The van der Waals surface area contributed by atoms with Gasteiger partial charge in [0.1, 0.15) is 0 Å². The molecule has 218 valence electrons. The van der Waals surface area contributed by atoms with Crippen LogP contribution in [0, 0.1) is 22.7 Å². The summed E-state index contributed by atoms with van der Waals surface area (Å²) in [5, 5.41) is 0. The van der Waals surface area contributed by atoms with Crippen molar-refractivity contribution in [3.63, 3.8) is 0 Å². The van der Waals surface area contributed by atoms with E-state index in [1.165, 1.54) is 12.2 Å². The van der Waals surface area contributed by atoms with Gasteiger partial charge >= 0.3 is 23.9 Å². The van der Waals surface area contributed by atoms with Crippen molar-refractivity contribution in [1.29, 1.82) is 0 Å². The van der Waals surface area contributed by atoms with Crippen molar-refractivity contribution in [3.8, 4) is 0 Å². The van der Waals surface area contributed by atoms with E-state index in [2.05, 4.69) is 0 Å². The van der Waals surface area contributed by atoms with Gasteiger partial charge in [-0.1, -0.05) is 26.0 Å². The van der Waals surface area contributed by atoms with E-state index in [1.54, 1.807) is 46.8 Å². The first-order valence-corrected chi connectivity index (χ1v) is 13.7. The van der Waals surface area contributed by atoms with Crippen LogP contribution in [0.2, 0.25) is 0 Å². The van der Waals surface area contributed by atoms with Crippen molar-refractivity contribution in [1.82, 2.24) is 0 Å². The van der Waals surface area contributed by atoms with E-state index in [4.69, 9.17) is 18.9 Å². The number of hydrogen-bond acceptors (Lipinski definition) is 10. The molecular weight excluding hydrogens is 508 g/mol. The predicted molar refractivity (Wildman–Crippen MR) is 141 cm³/mol. The summed E-state index contributed by atoms with van der Waals surface area (Å²) in [5.74, 6) is -2.89. The highest BCUT2D eigenvalue weighted by Gasteiger charge is 2.68. The van der Waals surface area contributed by atoms with Crippen LogP contribution in [0.25, 0.3) is 0 Å². The van der Waals surface area contributed by atoms with E-state index in [-0.39, 0.29) is 49.8 Å². The zero-order valence-corrected chi connectivity index (χ0v) is 23.9. The molecule has 2 aliphatic rings. The van der Waals surface area contributed by atoms with Gasteiger partial charge in [0.15, 0.2) is 22.4 Å². The Morgan fingerprint density at radius 3 is 1.21 bits per heavy atom. The van der Waals surface area contributed by atoms with Gasteiger partial charge in [-0.2, -0.15) is 0 Å². The maximum absolute atomic E-state index is 12.0. The molecule has 0 amide bonds. The summed E-state index contributed by atoms with van der Waals surface area (Å²) < 4.78 is 19.8. The highest BCUT2D eigenvalue weighted by atomic mass is 16.6. The zero-order valence-electron chi connectivity index (χ0n) is 23.9. The Bertz CT molecular complexity index is 925. The molecule has 0 aromatic rings. The fraction of sp³-hybridized carbons (Fsp3) is 0.655. The SMILES string of the molecule is CCCC(=O)/C=C/C1CC1(C(=O)OCC)C(=O)OCC.CCOC(=O)C1(C(=O)OCC)CC1/C=C/C(=O)CC. The first-order valence-electron chi connectivity index (χ1n) is 13.7. The van der Waals surface area contributed by atoms with Crippen LogP contribution in [0.5, 0.6) is 0 Å². The Kier molecular flexibility index (Phi) is 13.8. The van der Waals surface area contributed by atoms with E-state index in [0.717, 1.165) is 6.42 Å². The normalized spacial score (nSPS) is 19.8. The molecule has 0 radical (unpaired) electrons. The molecule has 0 aliphatic heterocycles. The van der Waals surface area contributed by atoms with E-state index >= 15 is 0 Å². The fourth-order valence-corrected chi connectivity index (χ4v) is 4.08. The number of carbonyl (C=O) groups excluding carboxylic acids is 6. The summed E-state index contributed by atoms with van der Waals surface area (Å²) in [7, 11) is 0. The van der Waals surface area contributed by atoms with Crippen LogP contribution in [0.1, 0.15) is 73.6 Å². The summed E-state index contributed by atoms with van der Waals surface area (Å²) in [6, 6.07) is 0. The lowest BCUT2D eigenvalue weighted by atomic mass is 10.0. The van der Waals surface area contributed by atoms with Gasteiger partial charge < -0.3 is 18.9 Å². The first-order chi connectivity index (χ1) is 18.5. The van der Waals surface area contributed by atoms with Crippen molar-refractivity contribution in [2.75, 3.05) is 26.4 Å². The molecule has 39 heavy (non-hydrogen) atoms. The van der Waals surface area contributed by atoms with Crippen LogP contribution in [0.4, 0.5) is 0 Å². The number of ketones is 2. The second kappa shape index (κ2) is 16.0. The van der Waals surface area contributed by atoms with Crippen LogP contribution >= 0.6 is 0 Å². The summed E-state index contributed by atoms with van der Waals surface area (Å²) in [6.45, 7) is 11.3. The predicted octanol–water partition coefficient (Wildman–Crippen LogP) is 3.70. The van der Waals surface area contributed by atoms with Crippen molar-refractivity contribution in [2.45, 2.75) is 73.6 Å². The monoisotopic (exact) mass is 550 g/mol. The Morgan fingerprint density at radius 2 is 0.923 bits per heavy atom. The van der Waals surface area contributed by atoms with Gasteiger partial charge in [-0.3, -0.25) is 28.8 Å². The van der Waals surface area contributed by atoms with E-state index in [9.17, 15) is 28.8 Å². The second-order valence-corrected chi connectivity index (χ2v) is 9.20. The topological polar surface area (TPSA) is 139 Å². The van der Waals surface area contributed by atoms with Gasteiger partial charge in [-0.05, 0) is 59.1 Å². The molecule has 0 N–H and O–H groups in total. The molecule has 2 saturated carbocycles. The quantitative estimate of drug-likeness (QED) is 0.128. The lowest BCUT2D eigenvalue weighted by Gasteiger charge is -2.13. The summed E-state index contributed by atoms with van der Waals surface area (Å²) in [5.41, 5.74) is -2.48. The maximum atomic E-state index is 12.0. The van der Waals surface area contributed by atoms with E-state index in [1.807, 2.05) is 6.92 Å². The molecule has 0 spiro atoms. The fourth-order valence-electron chi connectivity index (χ4n) is 4.08. The molecule has 0 saturated heterocycles. The van der Waals surface area contributed by atoms with Crippen LogP contribution in [0.3, 0.4) is 0 Å². The Hall–Kier alpha value is -3.30. The van der Waals surface area contributed by atoms with Crippen LogP contribution in [-0.4, -0.2) is 61.9 Å². The number of allylic oxidation sites excluding steroid dienone is 4. The number of esters is 4. The van der Waals surface area contributed by atoms with Crippen LogP contribution in [-0.2, 0) is 47.7 Å². The minimum Gasteiger partial charge on any atom is -0.465 e. The molecule has 2 rings (SSSR count). The van der Waals surface area contributed by atoms with Crippen molar-refractivity contribution in [3.05, 3.63) is 24.3 Å². The minimum atomic E-state index is -1.24. The Morgan fingerprint density at radius 1 is 0.590 bits per heavy atom. The highest BCUT2D eigenvalue weighted by Crippen LogP contribution is 2.56.